The van der Waals surface area contributed by atoms with E-state index in [1.54, 1.807) is 12.1 Å². The molecule has 0 saturated carbocycles. The number of fused-ring (bicyclic) bond motifs is 1. The number of halogens is 2. The van der Waals surface area contributed by atoms with Gasteiger partial charge in [0.25, 0.3) is 0 Å². The van der Waals surface area contributed by atoms with Crippen molar-refractivity contribution < 1.29 is 19.1 Å². The number of ether oxygens (including phenoxy) is 2. The maximum atomic E-state index is 12.1. The van der Waals surface area contributed by atoms with E-state index in [4.69, 9.17) is 32.7 Å². The van der Waals surface area contributed by atoms with E-state index in [9.17, 15) is 9.59 Å². The van der Waals surface area contributed by atoms with Crippen LogP contribution in [0.3, 0.4) is 0 Å². The fourth-order valence-corrected chi connectivity index (χ4v) is 3.25. The Kier molecular flexibility index (Phi) is 8.39. The lowest BCUT2D eigenvalue weighted by Crippen LogP contribution is -2.11. The zero-order valence-electron chi connectivity index (χ0n) is 15.6. The summed E-state index contributed by atoms with van der Waals surface area (Å²) in [4.78, 5) is 23.8. The lowest BCUT2D eigenvalue weighted by molar-refractivity contribution is -0.144. The van der Waals surface area contributed by atoms with Crippen molar-refractivity contribution in [3.63, 3.8) is 0 Å². The minimum atomic E-state index is -0.447. The fourth-order valence-electron chi connectivity index (χ4n) is 2.67. The summed E-state index contributed by atoms with van der Waals surface area (Å²) in [5, 5.41) is 2.21. The Morgan fingerprint density at radius 3 is 2.33 bits per heavy atom. The first-order valence-corrected chi connectivity index (χ1v) is 9.87. The first kappa shape index (κ1) is 21.5. The van der Waals surface area contributed by atoms with Crippen LogP contribution in [0.1, 0.15) is 46.0 Å². The van der Waals surface area contributed by atoms with Gasteiger partial charge in [-0.2, -0.15) is 0 Å². The van der Waals surface area contributed by atoms with E-state index < -0.39 is 5.97 Å². The van der Waals surface area contributed by atoms with Gasteiger partial charge in [0.05, 0.1) is 16.7 Å². The Morgan fingerprint density at radius 1 is 0.963 bits per heavy atom. The number of hydrogen-bond donors (Lipinski definition) is 0. The molecule has 0 unspecified atom stereocenters. The van der Waals surface area contributed by atoms with Crippen LogP contribution in [0.5, 0.6) is 5.75 Å². The van der Waals surface area contributed by atoms with Crippen molar-refractivity contribution in [2.24, 2.45) is 5.92 Å². The average molecular weight is 411 g/mol. The second-order valence-corrected chi connectivity index (χ2v) is 7.61. The van der Waals surface area contributed by atoms with E-state index >= 15 is 0 Å². The van der Waals surface area contributed by atoms with Crippen LogP contribution >= 0.6 is 23.2 Å². The van der Waals surface area contributed by atoms with Crippen molar-refractivity contribution in [1.82, 2.24) is 0 Å². The van der Waals surface area contributed by atoms with Crippen molar-refractivity contribution >= 4 is 45.9 Å². The van der Waals surface area contributed by atoms with Gasteiger partial charge in [-0.1, -0.05) is 61.3 Å². The number of esters is 2. The largest absolute Gasteiger partial charge is 0.466 e. The van der Waals surface area contributed by atoms with Gasteiger partial charge in [0.2, 0.25) is 0 Å². The maximum Gasteiger partial charge on any atom is 0.311 e. The topological polar surface area (TPSA) is 52.6 Å². The van der Waals surface area contributed by atoms with Crippen LogP contribution in [-0.2, 0) is 14.3 Å². The third-order valence-electron chi connectivity index (χ3n) is 4.07. The molecule has 146 valence electrons. The highest BCUT2D eigenvalue weighted by atomic mass is 35.5. The van der Waals surface area contributed by atoms with Crippen molar-refractivity contribution in [3.8, 4) is 5.75 Å². The second-order valence-electron chi connectivity index (χ2n) is 6.80. The summed E-state index contributed by atoms with van der Waals surface area (Å²) >= 11 is 12.4. The summed E-state index contributed by atoms with van der Waals surface area (Å²) < 4.78 is 10.6. The predicted octanol–water partition coefficient (Wildman–Crippen LogP) is 6.20. The molecule has 0 aliphatic rings. The zero-order valence-corrected chi connectivity index (χ0v) is 17.1. The molecule has 0 aliphatic heterocycles. The Balaban J connectivity index is 1.83. The first-order chi connectivity index (χ1) is 12.9. The number of carbonyl (C=O) groups is 2. The minimum Gasteiger partial charge on any atom is -0.466 e. The molecule has 2 aromatic rings. The monoisotopic (exact) mass is 410 g/mol. The first-order valence-electron chi connectivity index (χ1n) is 9.11. The molecule has 2 aromatic carbocycles. The molecule has 2 rings (SSSR count). The lowest BCUT2D eigenvalue weighted by atomic mass is 10.1. The molecule has 0 fully saturated rings. The predicted molar refractivity (Wildman–Crippen MR) is 108 cm³/mol. The summed E-state index contributed by atoms with van der Waals surface area (Å²) in [6.07, 6.45) is 2.54. The molecule has 0 bridgehead atoms. The summed E-state index contributed by atoms with van der Waals surface area (Å²) in [5.41, 5.74) is 0. The van der Waals surface area contributed by atoms with Crippen LogP contribution in [0.25, 0.3) is 10.8 Å². The summed E-state index contributed by atoms with van der Waals surface area (Å²) in [5.74, 6) is 0.144. The van der Waals surface area contributed by atoms with Crippen molar-refractivity contribution in [1.29, 1.82) is 0 Å². The molecule has 0 atom stereocenters. The zero-order chi connectivity index (χ0) is 19.8. The van der Waals surface area contributed by atoms with Crippen LogP contribution in [0, 0.1) is 5.92 Å². The maximum absolute atomic E-state index is 12.1. The fraction of sp³-hybridized carbons (Fsp3) is 0.429. The van der Waals surface area contributed by atoms with Gasteiger partial charge in [0.15, 0.2) is 5.75 Å². The van der Waals surface area contributed by atoms with Crippen molar-refractivity contribution in [2.75, 3.05) is 6.61 Å². The standard InChI is InChI=1S/C21H24Cl2O4/c1-14(2)7-6-12-26-19(24)10-5-11-20(25)27-21-16-9-4-3-8-15(16)17(22)13-18(21)23/h3-4,8-9,13-14H,5-7,10-12H2,1-2H3. The molecule has 0 aliphatic carbocycles. The summed E-state index contributed by atoms with van der Waals surface area (Å²) in [6.45, 7) is 4.68. The van der Waals surface area contributed by atoms with Crippen LogP contribution in [0.2, 0.25) is 10.0 Å². The van der Waals surface area contributed by atoms with Gasteiger partial charge >= 0.3 is 11.9 Å². The summed E-state index contributed by atoms with van der Waals surface area (Å²) in [7, 11) is 0. The Hall–Kier alpha value is -1.78. The highest BCUT2D eigenvalue weighted by Crippen LogP contribution is 2.38. The molecular weight excluding hydrogens is 387 g/mol. The highest BCUT2D eigenvalue weighted by molar-refractivity contribution is 6.40. The molecule has 0 aromatic heterocycles. The molecule has 0 saturated heterocycles. The minimum absolute atomic E-state index is 0.106. The Labute approximate surface area is 169 Å². The van der Waals surface area contributed by atoms with Gasteiger partial charge in [0, 0.05) is 23.6 Å². The molecule has 6 heteroatoms. The van der Waals surface area contributed by atoms with Gasteiger partial charge in [-0.3, -0.25) is 9.59 Å². The van der Waals surface area contributed by atoms with Gasteiger partial charge in [-0.05, 0) is 31.2 Å². The second kappa shape index (κ2) is 10.5. The van der Waals surface area contributed by atoms with Crippen molar-refractivity contribution in [3.05, 3.63) is 40.4 Å². The molecule has 0 spiro atoms. The molecule has 4 nitrogen and oxygen atoms in total. The van der Waals surface area contributed by atoms with Gasteiger partial charge in [-0.15, -0.1) is 0 Å². The number of hydrogen-bond acceptors (Lipinski definition) is 4. The van der Waals surface area contributed by atoms with E-state index in [1.165, 1.54) is 0 Å². The molecule has 0 N–H and O–H groups in total. The molecule has 0 amide bonds. The van der Waals surface area contributed by atoms with Gasteiger partial charge < -0.3 is 9.47 Å². The van der Waals surface area contributed by atoms with E-state index in [0.29, 0.717) is 29.4 Å². The van der Waals surface area contributed by atoms with E-state index in [2.05, 4.69) is 13.8 Å². The van der Waals surface area contributed by atoms with Crippen LogP contribution < -0.4 is 4.74 Å². The normalized spacial score (nSPS) is 11.0. The third kappa shape index (κ3) is 6.71. The summed E-state index contributed by atoms with van der Waals surface area (Å²) in [6, 6.07) is 8.86. The van der Waals surface area contributed by atoms with E-state index in [0.717, 1.165) is 18.2 Å². The van der Waals surface area contributed by atoms with Crippen LogP contribution in [0.4, 0.5) is 0 Å². The highest BCUT2D eigenvalue weighted by Gasteiger charge is 2.15. The number of carbonyl (C=O) groups excluding carboxylic acids is 2. The Morgan fingerprint density at radius 2 is 1.63 bits per heavy atom. The average Bonchev–Trinajstić information content (AvgIpc) is 2.62. The smallest absolute Gasteiger partial charge is 0.311 e. The number of rotatable bonds is 9. The van der Waals surface area contributed by atoms with Gasteiger partial charge in [-0.25, -0.2) is 0 Å². The van der Waals surface area contributed by atoms with Crippen LogP contribution in [0.15, 0.2) is 30.3 Å². The van der Waals surface area contributed by atoms with Crippen molar-refractivity contribution in [2.45, 2.75) is 46.0 Å². The Bertz CT molecular complexity index is 802. The molecule has 27 heavy (non-hydrogen) atoms. The van der Waals surface area contributed by atoms with E-state index in [1.807, 2.05) is 18.2 Å². The quantitative estimate of drug-likeness (QED) is 0.280. The molecular formula is C21H24Cl2O4. The number of benzene rings is 2. The lowest BCUT2D eigenvalue weighted by Gasteiger charge is -2.11. The SMILES string of the molecule is CC(C)CCCOC(=O)CCCC(=O)Oc1c(Cl)cc(Cl)c2ccccc12. The van der Waals surface area contributed by atoms with Gasteiger partial charge in [0.1, 0.15) is 0 Å². The molecule has 0 heterocycles. The third-order valence-corrected chi connectivity index (χ3v) is 4.66. The van der Waals surface area contributed by atoms with Crippen LogP contribution in [-0.4, -0.2) is 18.5 Å². The molecule has 0 radical (unpaired) electrons. The van der Waals surface area contributed by atoms with E-state index in [-0.39, 0.29) is 29.6 Å².